The SMILES string of the molecule is COc1ccc(-c2oc(N=Cc3cc(Br)c(OCc4ccc(Cl)cc4)c(OC)c3)c(C#N)c2-c2ccc(OC)cc2)cc1. The molecule has 0 aliphatic heterocycles. The number of hydrogen-bond acceptors (Lipinski definition) is 7. The van der Waals surface area contributed by atoms with Crippen molar-refractivity contribution < 1.29 is 23.4 Å². The molecule has 0 spiro atoms. The fourth-order valence-electron chi connectivity index (χ4n) is 4.42. The molecule has 0 atom stereocenters. The van der Waals surface area contributed by atoms with E-state index in [-0.39, 0.29) is 5.88 Å². The van der Waals surface area contributed by atoms with Gasteiger partial charge in [0.2, 0.25) is 5.88 Å². The zero-order chi connectivity index (χ0) is 30.3. The standard InChI is InChI=1S/C34H26BrClN2O5/c1-39-26-12-6-23(7-13-26)31-28(18-37)34(43-32(31)24-8-14-27(40-2)15-9-24)38-19-22-16-29(35)33(30(17-22)41-3)42-20-21-4-10-25(36)11-5-21/h4-17,19H,20H2,1-3H3. The van der Waals surface area contributed by atoms with Crippen molar-refractivity contribution in [3.63, 3.8) is 0 Å². The topological polar surface area (TPSA) is 86.2 Å². The first kappa shape index (κ1) is 29.8. The molecule has 0 radical (unpaired) electrons. The molecular weight excluding hydrogens is 632 g/mol. The Morgan fingerprint density at radius 1 is 0.860 bits per heavy atom. The van der Waals surface area contributed by atoms with Crippen LogP contribution < -0.4 is 18.9 Å². The molecule has 9 heteroatoms. The highest BCUT2D eigenvalue weighted by molar-refractivity contribution is 9.10. The fraction of sp³-hybridized carbons (Fsp3) is 0.118. The van der Waals surface area contributed by atoms with Crippen molar-refractivity contribution in [2.45, 2.75) is 6.61 Å². The van der Waals surface area contributed by atoms with Gasteiger partial charge in [-0.15, -0.1) is 0 Å². The van der Waals surface area contributed by atoms with Crippen molar-refractivity contribution in [3.05, 3.63) is 111 Å². The molecule has 0 unspecified atom stereocenters. The molecule has 0 fully saturated rings. The largest absolute Gasteiger partial charge is 0.497 e. The van der Waals surface area contributed by atoms with Crippen molar-refractivity contribution in [2.75, 3.05) is 21.3 Å². The molecule has 0 saturated heterocycles. The summed E-state index contributed by atoms with van der Waals surface area (Å²) in [5, 5.41) is 10.9. The van der Waals surface area contributed by atoms with Crippen molar-refractivity contribution in [3.8, 4) is 51.5 Å². The summed E-state index contributed by atoms with van der Waals surface area (Å²) >= 11 is 9.59. The average molecular weight is 658 g/mol. The minimum Gasteiger partial charge on any atom is -0.497 e. The smallest absolute Gasteiger partial charge is 0.238 e. The predicted octanol–water partition coefficient (Wildman–Crippen LogP) is 9.26. The van der Waals surface area contributed by atoms with Crippen LogP contribution in [0.5, 0.6) is 23.0 Å². The van der Waals surface area contributed by atoms with E-state index < -0.39 is 0 Å². The van der Waals surface area contributed by atoms with Crippen LogP contribution in [0.3, 0.4) is 0 Å². The molecule has 7 nitrogen and oxygen atoms in total. The van der Waals surface area contributed by atoms with Gasteiger partial charge in [-0.05, 0) is 93.3 Å². The van der Waals surface area contributed by atoms with Crippen LogP contribution in [0.1, 0.15) is 16.7 Å². The molecule has 216 valence electrons. The predicted molar refractivity (Wildman–Crippen MR) is 171 cm³/mol. The van der Waals surface area contributed by atoms with Gasteiger partial charge in [-0.3, -0.25) is 0 Å². The molecule has 0 bridgehead atoms. The monoisotopic (exact) mass is 656 g/mol. The molecule has 1 heterocycles. The highest BCUT2D eigenvalue weighted by Gasteiger charge is 2.23. The molecule has 4 aromatic carbocycles. The molecule has 0 aliphatic rings. The molecule has 1 aromatic heterocycles. The summed E-state index contributed by atoms with van der Waals surface area (Å²) < 4.78 is 29.2. The molecular formula is C34H26BrClN2O5. The number of rotatable bonds is 10. The summed E-state index contributed by atoms with van der Waals surface area (Å²) in [5.41, 5.74) is 4.18. The van der Waals surface area contributed by atoms with E-state index in [1.807, 2.05) is 78.9 Å². The van der Waals surface area contributed by atoms with Gasteiger partial charge in [-0.2, -0.15) is 5.26 Å². The van der Waals surface area contributed by atoms with Crippen LogP contribution in [-0.4, -0.2) is 27.5 Å². The van der Waals surface area contributed by atoms with Gasteiger partial charge in [-0.1, -0.05) is 35.9 Å². The van der Waals surface area contributed by atoms with E-state index in [4.69, 9.17) is 35.0 Å². The lowest BCUT2D eigenvalue weighted by Gasteiger charge is -2.13. The van der Waals surface area contributed by atoms with Gasteiger partial charge < -0.3 is 23.4 Å². The third-order valence-corrected chi connectivity index (χ3v) is 7.45. The Balaban J connectivity index is 1.51. The molecule has 5 aromatic rings. The minimum atomic E-state index is 0.178. The summed E-state index contributed by atoms with van der Waals surface area (Å²) in [6.45, 7) is 0.333. The highest BCUT2D eigenvalue weighted by Crippen LogP contribution is 2.43. The van der Waals surface area contributed by atoms with Gasteiger partial charge in [-0.25, -0.2) is 4.99 Å². The average Bonchev–Trinajstić information content (AvgIpc) is 3.42. The van der Waals surface area contributed by atoms with Crippen LogP contribution in [0, 0.1) is 11.3 Å². The van der Waals surface area contributed by atoms with Gasteiger partial charge in [0.15, 0.2) is 11.5 Å². The summed E-state index contributed by atoms with van der Waals surface area (Å²) in [6, 6.07) is 28.3. The zero-order valence-corrected chi connectivity index (χ0v) is 25.9. The third kappa shape index (κ3) is 6.69. The van der Waals surface area contributed by atoms with E-state index in [2.05, 4.69) is 27.0 Å². The summed E-state index contributed by atoms with van der Waals surface area (Å²) in [7, 11) is 4.78. The van der Waals surface area contributed by atoms with Crippen molar-refractivity contribution >= 4 is 39.6 Å². The van der Waals surface area contributed by atoms with Crippen molar-refractivity contribution in [1.82, 2.24) is 0 Å². The molecule has 5 rings (SSSR count). The lowest BCUT2D eigenvalue weighted by Crippen LogP contribution is -1.99. The van der Waals surface area contributed by atoms with Crippen LogP contribution in [-0.2, 0) is 6.61 Å². The Labute approximate surface area is 263 Å². The first-order valence-corrected chi connectivity index (χ1v) is 14.3. The van der Waals surface area contributed by atoms with E-state index in [0.717, 1.165) is 16.7 Å². The number of aliphatic imine (C=N–C) groups is 1. The van der Waals surface area contributed by atoms with E-state index in [1.54, 1.807) is 33.6 Å². The molecule has 0 amide bonds. The van der Waals surface area contributed by atoms with E-state index >= 15 is 0 Å². The maximum absolute atomic E-state index is 10.3. The first-order chi connectivity index (χ1) is 20.9. The first-order valence-electron chi connectivity index (χ1n) is 13.1. The summed E-state index contributed by atoms with van der Waals surface area (Å²) in [6.07, 6.45) is 1.62. The number of methoxy groups -OCH3 is 3. The molecule has 0 aliphatic carbocycles. The number of ether oxygens (including phenoxy) is 4. The van der Waals surface area contributed by atoms with Crippen LogP contribution in [0.25, 0.3) is 22.5 Å². The maximum Gasteiger partial charge on any atom is 0.238 e. The van der Waals surface area contributed by atoms with E-state index in [1.165, 1.54) is 0 Å². The number of nitrogens with zero attached hydrogens (tertiary/aromatic N) is 2. The second-order valence-electron chi connectivity index (χ2n) is 9.26. The number of benzene rings is 4. The van der Waals surface area contributed by atoms with Crippen LogP contribution in [0.2, 0.25) is 5.02 Å². The zero-order valence-electron chi connectivity index (χ0n) is 23.6. The molecule has 0 N–H and O–H groups in total. The lowest BCUT2D eigenvalue weighted by atomic mass is 9.98. The number of furan rings is 1. The second-order valence-corrected chi connectivity index (χ2v) is 10.6. The maximum atomic E-state index is 10.3. The fourth-order valence-corrected chi connectivity index (χ4v) is 5.12. The Morgan fingerprint density at radius 3 is 2.07 bits per heavy atom. The van der Waals surface area contributed by atoms with E-state index in [0.29, 0.717) is 61.6 Å². The van der Waals surface area contributed by atoms with Crippen molar-refractivity contribution in [1.29, 1.82) is 5.26 Å². The normalized spacial score (nSPS) is 10.9. The van der Waals surface area contributed by atoms with Crippen molar-refractivity contribution in [2.24, 2.45) is 4.99 Å². The van der Waals surface area contributed by atoms with Gasteiger partial charge in [0.05, 0.1) is 25.8 Å². The second kappa shape index (κ2) is 13.5. The summed E-state index contributed by atoms with van der Waals surface area (Å²) in [5.74, 6) is 3.17. The van der Waals surface area contributed by atoms with Gasteiger partial charge in [0.25, 0.3) is 0 Å². The Morgan fingerprint density at radius 2 is 1.49 bits per heavy atom. The summed E-state index contributed by atoms with van der Waals surface area (Å²) in [4.78, 5) is 4.60. The van der Waals surface area contributed by atoms with Crippen LogP contribution in [0.4, 0.5) is 5.88 Å². The number of nitriles is 1. The Bertz CT molecular complexity index is 1790. The quantitative estimate of drug-likeness (QED) is 0.139. The Hall–Kier alpha value is -4.71. The highest BCUT2D eigenvalue weighted by atomic mass is 79.9. The molecule has 43 heavy (non-hydrogen) atoms. The number of halogens is 2. The van der Waals surface area contributed by atoms with E-state index in [9.17, 15) is 5.26 Å². The van der Waals surface area contributed by atoms with Crippen LogP contribution in [0.15, 0.2) is 98.8 Å². The molecule has 0 saturated carbocycles. The Kier molecular flexibility index (Phi) is 9.35. The third-order valence-electron chi connectivity index (χ3n) is 6.61. The minimum absolute atomic E-state index is 0.178. The lowest BCUT2D eigenvalue weighted by molar-refractivity contribution is 0.282. The van der Waals surface area contributed by atoms with Gasteiger partial charge in [0.1, 0.15) is 35.5 Å². The number of hydrogen-bond donors (Lipinski definition) is 0. The van der Waals surface area contributed by atoms with Crippen LogP contribution >= 0.6 is 27.5 Å². The van der Waals surface area contributed by atoms with Gasteiger partial charge >= 0.3 is 0 Å². The van der Waals surface area contributed by atoms with Gasteiger partial charge in [0, 0.05) is 22.4 Å².